The van der Waals surface area contributed by atoms with Gasteiger partial charge in [0.05, 0.1) is 13.7 Å². The fourth-order valence-electron chi connectivity index (χ4n) is 1.48. The van der Waals surface area contributed by atoms with Crippen LogP contribution < -0.4 is 4.74 Å². The normalized spacial score (nSPS) is 11.1. The number of ether oxygens (including phenoxy) is 1. The molecule has 0 bridgehead atoms. The van der Waals surface area contributed by atoms with Gasteiger partial charge in [-0.2, -0.15) is 0 Å². The molecule has 0 heterocycles. The molecule has 0 aromatic heterocycles. The maximum atomic E-state index is 12.9. The van der Waals surface area contributed by atoms with Crippen LogP contribution in [0, 0.1) is 0 Å². The van der Waals surface area contributed by atoms with E-state index in [0.717, 1.165) is 0 Å². The van der Waals surface area contributed by atoms with Crippen LogP contribution in [-0.4, -0.2) is 24.2 Å². The number of halogens is 4. The third-order valence-corrected chi connectivity index (χ3v) is 3.27. The van der Waals surface area contributed by atoms with E-state index in [9.17, 15) is 18.0 Å². The molecule has 3 nitrogen and oxygen atoms in total. The van der Waals surface area contributed by atoms with E-state index < -0.39 is 18.8 Å². The second kappa shape index (κ2) is 6.30. The highest BCUT2D eigenvalue weighted by Gasteiger charge is 2.41. The van der Waals surface area contributed by atoms with E-state index in [-0.39, 0.29) is 16.0 Å². The van der Waals surface area contributed by atoms with Crippen LogP contribution in [0.2, 0.25) is 0 Å². The Morgan fingerprint density at radius 3 is 2.50 bits per heavy atom. The Morgan fingerprint density at radius 2 is 2.05 bits per heavy atom. The average molecular weight is 352 g/mol. The first-order valence-electron chi connectivity index (χ1n) is 5.53. The standard InChI is InChI=1S/C13H13BrF3NO2/c1-8(2)12(19)18(13(15,16)17)7-9-6-10(20-3)4-5-11(9)14/h4-6H,1,7H2,2-3H3. The van der Waals surface area contributed by atoms with Crippen molar-refractivity contribution in [3.8, 4) is 5.75 Å². The molecule has 0 spiro atoms. The van der Waals surface area contributed by atoms with Crippen LogP contribution in [0.3, 0.4) is 0 Å². The van der Waals surface area contributed by atoms with Crippen molar-refractivity contribution in [3.63, 3.8) is 0 Å². The van der Waals surface area contributed by atoms with Gasteiger partial charge >= 0.3 is 6.30 Å². The lowest BCUT2D eigenvalue weighted by Gasteiger charge is -2.25. The van der Waals surface area contributed by atoms with E-state index in [4.69, 9.17) is 4.74 Å². The number of carbonyl (C=O) groups is 1. The first kappa shape index (κ1) is 16.6. The van der Waals surface area contributed by atoms with Crippen molar-refractivity contribution in [2.45, 2.75) is 19.8 Å². The van der Waals surface area contributed by atoms with Gasteiger partial charge in [-0.15, -0.1) is 13.2 Å². The Kier molecular flexibility index (Phi) is 5.21. The van der Waals surface area contributed by atoms with Crippen molar-refractivity contribution < 1.29 is 22.7 Å². The summed E-state index contributed by atoms with van der Waals surface area (Å²) in [5.41, 5.74) is 0.109. The molecule has 1 amide bonds. The summed E-state index contributed by atoms with van der Waals surface area (Å²) in [6, 6.07) is 4.61. The first-order chi connectivity index (χ1) is 9.16. The monoisotopic (exact) mass is 351 g/mol. The third-order valence-electron chi connectivity index (χ3n) is 2.50. The summed E-state index contributed by atoms with van der Waals surface area (Å²) in [7, 11) is 1.41. The SMILES string of the molecule is C=C(C)C(=O)N(Cc1cc(OC)ccc1Br)C(F)(F)F. The molecule has 0 saturated carbocycles. The molecule has 0 unspecified atom stereocenters. The van der Waals surface area contributed by atoms with Crippen LogP contribution in [0.1, 0.15) is 12.5 Å². The van der Waals surface area contributed by atoms with Crippen LogP contribution in [0.5, 0.6) is 5.75 Å². The Balaban J connectivity index is 3.13. The van der Waals surface area contributed by atoms with Crippen molar-refractivity contribution in [2.75, 3.05) is 7.11 Å². The molecule has 0 aliphatic heterocycles. The van der Waals surface area contributed by atoms with Gasteiger partial charge < -0.3 is 4.74 Å². The maximum Gasteiger partial charge on any atom is 0.487 e. The molecule has 7 heteroatoms. The minimum absolute atomic E-state index is 0.179. The zero-order valence-electron chi connectivity index (χ0n) is 10.9. The zero-order chi connectivity index (χ0) is 15.5. The van der Waals surface area contributed by atoms with E-state index in [2.05, 4.69) is 22.5 Å². The molecular weight excluding hydrogens is 339 g/mol. The lowest BCUT2D eigenvalue weighted by Crippen LogP contribution is -2.42. The third kappa shape index (κ3) is 4.00. The molecule has 0 aliphatic carbocycles. The van der Waals surface area contributed by atoms with Gasteiger partial charge in [-0.25, -0.2) is 4.90 Å². The Morgan fingerprint density at radius 1 is 1.45 bits per heavy atom. The van der Waals surface area contributed by atoms with Crippen molar-refractivity contribution in [1.29, 1.82) is 0 Å². The Hall–Kier alpha value is -1.50. The minimum atomic E-state index is -4.78. The van der Waals surface area contributed by atoms with Gasteiger partial charge in [0.25, 0.3) is 5.91 Å². The number of hydrogen-bond donors (Lipinski definition) is 0. The van der Waals surface area contributed by atoms with Gasteiger partial charge in [0.15, 0.2) is 0 Å². The average Bonchev–Trinajstić information content (AvgIpc) is 2.35. The molecule has 0 fully saturated rings. The maximum absolute atomic E-state index is 12.9. The van der Waals surface area contributed by atoms with Crippen molar-refractivity contribution in [2.24, 2.45) is 0 Å². The summed E-state index contributed by atoms with van der Waals surface area (Å²) in [6.07, 6.45) is -4.78. The number of amides is 1. The quantitative estimate of drug-likeness (QED) is 0.608. The summed E-state index contributed by atoms with van der Waals surface area (Å²) in [5.74, 6) is -0.750. The minimum Gasteiger partial charge on any atom is -0.497 e. The molecule has 0 saturated heterocycles. The van der Waals surface area contributed by atoms with Crippen LogP contribution in [0.25, 0.3) is 0 Å². The Bertz CT molecular complexity index is 529. The van der Waals surface area contributed by atoms with E-state index in [1.165, 1.54) is 20.1 Å². The first-order valence-corrected chi connectivity index (χ1v) is 6.32. The molecule has 20 heavy (non-hydrogen) atoms. The molecule has 1 aromatic rings. The molecule has 0 radical (unpaired) electrons. The molecule has 0 N–H and O–H groups in total. The number of rotatable bonds is 4. The van der Waals surface area contributed by atoms with Crippen molar-refractivity contribution in [1.82, 2.24) is 4.90 Å². The number of benzene rings is 1. The molecule has 0 atom stereocenters. The lowest BCUT2D eigenvalue weighted by molar-refractivity contribution is -0.241. The predicted octanol–water partition coefficient (Wildman–Crippen LogP) is 3.88. The summed E-state index contributed by atoms with van der Waals surface area (Å²) >= 11 is 3.16. The zero-order valence-corrected chi connectivity index (χ0v) is 12.5. The molecule has 110 valence electrons. The van der Waals surface area contributed by atoms with Gasteiger partial charge in [0.1, 0.15) is 5.75 Å². The van der Waals surface area contributed by atoms with Crippen LogP contribution >= 0.6 is 15.9 Å². The fraction of sp³-hybridized carbons (Fsp3) is 0.308. The van der Waals surface area contributed by atoms with E-state index in [1.807, 2.05) is 0 Å². The molecule has 1 rings (SSSR count). The highest BCUT2D eigenvalue weighted by Crippen LogP contribution is 2.29. The summed E-state index contributed by atoms with van der Waals surface area (Å²) in [4.78, 5) is 11.4. The van der Waals surface area contributed by atoms with Crippen molar-refractivity contribution in [3.05, 3.63) is 40.4 Å². The largest absolute Gasteiger partial charge is 0.497 e. The summed E-state index contributed by atoms with van der Waals surface area (Å²) in [5, 5.41) is 0. The summed E-state index contributed by atoms with van der Waals surface area (Å²) in [6.45, 7) is 3.88. The summed E-state index contributed by atoms with van der Waals surface area (Å²) < 4.78 is 44.3. The van der Waals surface area contributed by atoms with Gasteiger partial charge in [-0.3, -0.25) is 4.79 Å². The van der Waals surface area contributed by atoms with Gasteiger partial charge in [-0.05, 0) is 30.7 Å². The fourth-order valence-corrected chi connectivity index (χ4v) is 1.85. The Labute approximate surface area is 123 Å². The van der Waals surface area contributed by atoms with E-state index in [1.54, 1.807) is 12.1 Å². The molecular formula is C13H13BrF3NO2. The number of methoxy groups -OCH3 is 1. The number of alkyl halides is 3. The van der Waals surface area contributed by atoms with Gasteiger partial charge in [0, 0.05) is 10.0 Å². The second-order valence-electron chi connectivity index (χ2n) is 4.10. The lowest BCUT2D eigenvalue weighted by atomic mass is 10.2. The highest BCUT2D eigenvalue weighted by atomic mass is 79.9. The second-order valence-corrected chi connectivity index (χ2v) is 4.95. The smallest absolute Gasteiger partial charge is 0.487 e. The predicted molar refractivity (Wildman–Crippen MR) is 72.1 cm³/mol. The highest BCUT2D eigenvalue weighted by molar-refractivity contribution is 9.10. The van der Waals surface area contributed by atoms with Crippen molar-refractivity contribution >= 4 is 21.8 Å². The van der Waals surface area contributed by atoms with Crippen LogP contribution in [-0.2, 0) is 11.3 Å². The van der Waals surface area contributed by atoms with E-state index >= 15 is 0 Å². The molecule has 1 aromatic carbocycles. The number of hydrogen-bond acceptors (Lipinski definition) is 2. The van der Waals surface area contributed by atoms with Gasteiger partial charge in [-0.1, -0.05) is 22.5 Å². The number of nitrogens with zero attached hydrogens (tertiary/aromatic N) is 1. The van der Waals surface area contributed by atoms with Crippen LogP contribution in [0.15, 0.2) is 34.8 Å². The molecule has 0 aliphatic rings. The number of carbonyl (C=O) groups excluding carboxylic acids is 1. The van der Waals surface area contributed by atoms with Gasteiger partial charge in [0.2, 0.25) is 0 Å². The topological polar surface area (TPSA) is 29.5 Å². The van der Waals surface area contributed by atoms with Crippen LogP contribution in [0.4, 0.5) is 13.2 Å². The van der Waals surface area contributed by atoms with E-state index in [0.29, 0.717) is 10.2 Å².